The molecule has 0 radical (unpaired) electrons. The van der Waals surface area contributed by atoms with Crippen molar-refractivity contribution in [2.24, 2.45) is 5.92 Å². The third kappa shape index (κ3) is 3.85. The summed E-state index contributed by atoms with van der Waals surface area (Å²) in [5.41, 5.74) is 3.14. The van der Waals surface area contributed by atoms with Crippen LogP contribution in [0.25, 0.3) is 0 Å². The summed E-state index contributed by atoms with van der Waals surface area (Å²) in [7, 11) is 0. The molecule has 0 saturated carbocycles. The molecule has 2 atom stereocenters. The highest BCUT2D eigenvalue weighted by Crippen LogP contribution is 2.36. The van der Waals surface area contributed by atoms with Crippen molar-refractivity contribution in [2.45, 2.75) is 25.4 Å². The van der Waals surface area contributed by atoms with E-state index in [1.165, 1.54) is 12.1 Å². The number of carbonyl (C=O) groups excluding carboxylic acids is 1. The van der Waals surface area contributed by atoms with Gasteiger partial charge in [0, 0.05) is 43.4 Å². The van der Waals surface area contributed by atoms with Gasteiger partial charge < -0.3 is 14.8 Å². The van der Waals surface area contributed by atoms with Crippen LogP contribution >= 0.6 is 0 Å². The maximum atomic E-state index is 13.1. The van der Waals surface area contributed by atoms with E-state index in [0.717, 1.165) is 17.7 Å². The van der Waals surface area contributed by atoms with Gasteiger partial charge in [-0.3, -0.25) is 9.59 Å². The summed E-state index contributed by atoms with van der Waals surface area (Å²) >= 11 is 0. The second kappa shape index (κ2) is 8.02. The van der Waals surface area contributed by atoms with Crippen molar-refractivity contribution in [3.05, 3.63) is 99.7 Å². The predicted molar refractivity (Wildman–Crippen MR) is 118 cm³/mol. The fourth-order valence-electron chi connectivity index (χ4n) is 4.81. The molecule has 31 heavy (non-hydrogen) atoms. The number of aromatic nitrogens is 1. The zero-order valence-electron chi connectivity index (χ0n) is 17.1. The lowest BCUT2D eigenvalue weighted by Gasteiger charge is -2.43. The fraction of sp³-hybridized carbons (Fsp3) is 0.280. The van der Waals surface area contributed by atoms with E-state index in [4.69, 9.17) is 0 Å². The summed E-state index contributed by atoms with van der Waals surface area (Å²) in [6.07, 6.45) is 1.00. The Morgan fingerprint density at radius 3 is 2.52 bits per heavy atom. The van der Waals surface area contributed by atoms with Crippen molar-refractivity contribution in [1.29, 1.82) is 0 Å². The van der Waals surface area contributed by atoms with Gasteiger partial charge in [0.05, 0.1) is 0 Å². The SMILES string of the molecule is O=C(c1ccccc1)N1C[C@@H]2C[C@H](C1)c1ccc(NCc3ccc(F)cc3)c(=O)n1C2. The number of hydrogen-bond donors (Lipinski definition) is 1. The van der Waals surface area contributed by atoms with E-state index in [0.29, 0.717) is 37.4 Å². The number of amides is 1. The normalized spacial score (nSPS) is 19.6. The summed E-state index contributed by atoms with van der Waals surface area (Å²) in [6.45, 7) is 2.38. The van der Waals surface area contributed by atoms with Crippen LogP contribution in [0.4, 0.5) is 10.1 Å². The summed E-state index contributed by atoms with van der Waals surface area (Å²) in [5, 5.41) is 3.19. The molecule has 1 N–H and O–H groups in total. The van der Waals surface area contributed by atoms with Crippen LogP contribution in [-0.4, -0.2) is 28.5 Å². The Bertz CT molecular complexity index is 1160. The highest BCUT2D eigenvalue weighted by Gasteiger charge is 2.36. The third-order valence-electron chi connectivity index (χ3n) is 6.31. The lowest BCUT2D eigenvalue weighted by molar-refractivity contribution is 0.0594. The van der Waals surface area contributed by atoms with Gasteiger partial charge in [-0.2, -0.15) is 0 Å². The molecule has 3 aromatic rings. The number of piperidine rings is 1. The van der Waals surface area contributed by atoms with E-state index in [-0.39, 0.29) is 29.1 Å². The van der Waals surface area contributed by atoms with Gasteiger partial charge in [0.15, 0.2) is 0 Å². The van der Waals surface area contributed by atoms with Crippen molar-refractivity contribution in [3.8, 4) is 0 Å². The van der Waals surface area contributed by atoms with Crippen LogP contribution in [0.2, 0.25) is 0 Å². The smallest absolute Gasteiger partial charge is 0.274 e. The number of anilines is 1. The maximum Gasteiger partial charge on any atom is 0.274 e. The Labute approximate surface area is 180 Å². The second-order valence-corrected chi connectivity index (χ2v) is 8.44. The molecule has 1 aromatic heterocycles. The Hall–Kier alpha value is -3.41. The molecule has 5 nitrogen and oxygen atoms in total. The Morgan fingerprint density at radius 2 is 1.74 bits per heavy atom. The molecule has 0 unspecified atom stereocenters. The largest absolute Gasteiger partial charge is 0.377 e. The summed E-state index contributed by atoms with van der Waals surface area (Å²) in [4.78, 5) is 28.0. The molecule has 3 heterocycles. The summed E-state index contributed by atoms with van der Waals surface area (Å²) in [6, 6.07) is 19.5. The summed E-state index contributed by atoms with van der Waals surface area (Å²) in [5.74, 6) is 0.218. The highest BCUT2D eigenvalue weighted by atomic mass is 19.1. The first-order valence-corrected chi connectivity index (χ1v) is 10.6. The van der Waals surface area contributed by atoms with Crippen molar-refractivity contribution in [1.82, 2.24) is 9.47 Å². The number of nitrogens with zero attached hydrogens (tertiary/aromatic N) is 2. The molecule has 0 spiro atoms. The number of carbonyl (C=O) groups is 1. The fourth-order valence-corrected chi connectivity index (χ4v) is 4.81. The second-order valence-electron chi connectivity index (χ2n) is 8.44. The molecular weight excluding hydrogens is 393 g/mol. The molecule has 1 amide bonds. The molecule has 2 aromatic carbocycles. The first-order chi connectivity index (χ1) is 15.1. The molecule has 1 fully saturated rings. The van der Waals surface area contributed by atoms with E-state index < -0.39 is 0 Å². The number of pyridine rings is 1. The lowest BCUT2D eigenvalue weighted by Crippen LogP contribution is -2.49. The van der Waals surface area contributed by atoms with Crippen LogP contribution in [0, 0.1) is 11.7 Å². The molecule has 5 rings (SSSR count). The standard InChI is InChI=1S/C25H24FN3O2/c26-21-8-6-17(7-9-21)13-27-22-10-11-23-20-12-18(15-29(23)25(22)31)14-28(16-20)24(30)19-4-2-1-3-5-19/h1-11,18,20,27H,12-16H2/t18-,20+/m0/s1. The first-order valence-electron chi connectivity index (χ1n) is 10.6. The Kier molecular flexibility index (Phi) is 5.06. The quantitative estimate of drug-likeness (QED) is 0.701. The van der Waals surface area contributed by atoms with Crippen LogP contribution in [-0.2, 0) is 13.1 Å². The van der Waals surface area contributed by atoms with Gasteiger partial charge in [0.25, 0.3) is 11.5 Å². The van der Waals surface area contributed by atoms with Gasteiger partial charge in [0.1, 0.15) is 11.5 Å². The average molecular weight is 417 g/mol. The Morgan fingerprint density at radius 1 is 0.968 bits per heavy atom. The molecule has 2 aliphatic heterocycles. The van der Waals surface area contributed by atoms with Gasteiger partial charge in [-0.1, -0.05) is 30.3 Å². The van der Waals surface area contributed by atoms with Crippen molar-refractivity contribution < 1.29 is 9.18 Å². The topological polar surface area (TPSA) is 54.3 Å². The van der Waals surface area contributed by atoms with Gasteiger partial charge in [-0.15, -0.1) is 0 Å². The summed E-state index contributed by atoms with van der Waals surface area (Å²) < 4.78 is 15.0. The minimum absolute atomic E-state index is 0.0304. The molecule has 2 bridgehead atoms. The third-order valence-corrected chi connectivity index (χ3v) is 6.31. The van der Waals surface area contributed by atoms with E-state index in [2.05, 4.69) is 5.32 Å². The molecular formula is C25H24FN3O2. The minimum Gasteiger partial charge on any atom is -0.377 e. The van der Waals surface area contributed by atoms with Crippen LogP contribution in [0.1, 0.15) is 34.0 Å². The molecule has 0 aliphatic carbocycles. The average Bonchev–Trinajstić information content (AvgIpc) is 2.80. The number of benzene rings is 2. The van der Waals surface area contributed by atoms with Gasteiger partial charge in [-0.25, -0.2) is 4.39 Å². The Balaban J connectivity index is 1.34. The van der Waals surface area contributed by atoms with E-state index in [1.54, 1.807) is 12.1 Å². The predicted octanol–water partition coefficient (Wildman–Crippen LogP) is 3.86. The minimum atomic E-state index is -0.274. The zero-order valence-corrected chi connectivity index (χ0v) is 17.1. The van der Waals surface area contributed by atoms with Gasteiger partial charge in [0.2, 0.25) is 0 Å². The van der Waals surface area contributed by atoms with Crippen molar-refractivity contribution in [3.63, 3.8) is 0 Å². The van der Waals surface area contributed by atoms with Crippen LogP contribution in [0.15, 0.2) is 71.5 Å². The van der Waals surface area contributed by atoms with E-state index in [1.807, 2.05) is 51.9 Å². The molecule has 2 aliphatic rings. The maximum absolute atomic E-state index is 13.1. The van der Waals surface area contributed by atoms with E-state index in [9.17, 15) is 14.0 Å². The highest BCUT2D eigenvalue weighted by molar-refractivity contribution is 5.94. The molecule has 158 valence electrons. The zero-order chi connectivity index (χ0) is 21.4. The number of halogens is 1. The number of rotatable bonds is 4. The lowest BCUT2D eigenvalue weighted by atomic mass is 9.83. The van der Waals surface area contributed by atoms with E-state index >= 15 is 0 Å². The van der Waals surface area contributed by atoms with Gasteiger partial charge in [-0.05, 0) is 54.3 Å². The van der Waals surface area contributed by atoms with Crippen molar-refractivity contribution in [2.75, 3.05) is 18.4 Å². The number of fused-ring (bicyclic) bond motifs is 4. The van der Waals surface area contributed by atoms with Crippen LogP contribution < -0.4 is 10.9 Å². The number of hydrogen-bond acceptors (Lipinski definition) is 3. The monoisotopic (exact) mass is 417 g/mol. The molecule has 1 saturated heterocycles. The molecule has 6 heteroatoms. The number of nitrogens with one attached hydrogen (secondary N) is 1. The van der Waals surface area contributed by atoms with Gasteiger partial charge >= 0.3 is 0 Å². The van der Waals surface area contributed by atoms with Crippen LogP contribution in [0.5, 0.6) is 0 Å². The van der Waals surface area contributed by atoms with Crippen LogP contribution in [0.3, 0.4) is 0 Å². The number of likely N-dealkylation sites (tertiary alicyclic amines) is 1. The van der Waals surface area contributed by atoms with Crippen molar-refractivity contribution >= 4 is 11.6 Å². The first kappa shape index (κ1) is 19.5.